The molecule has 0 bridgehead atoms. The van der Waals surface area contributed by atoms with E-state index in [2.05, 4.69) is 5.32 Å². The number of carbonyl (C=O) groups is 2. The van der Waals surface area contributed by atoms with Crippen LogP contribution in [0.5, 0.6) is 5.75 Å². The van der Waals surface area contributed by atoms with Crippen LogP contribution in [-0.4, -0.2) is 25.6 Å². The summed E-state index contributed by atoms with van der Waals surface area (Å²) in [5.41, 5.74) is 2.17. The fraction of sp³-hybridized carbons (Fsp3) is 0.182. The second kappa shape index (κ2) is 9.11. The highest BCUT2D eigenvalue weighted by molar-refractivity contribution is 7.17. The zero-order valence-electron chi connectivity index (χ0n) is 16.2. The predicted octanol–water partition coefficient (Wildman–Crippen LogP) is 5.81. The summed E-state index contributed by atoms with van der Waals surface area (Å²) in [6.45, 7) is 4.18. The molecular formula is C22H20ClNO4S. The molecule has 2 aromatic carbocycles. The van der Waals surface area contributed by atoms with Gasteiger partial charge in [0.25, 0.3) is 5.91 Å². The molecule has 3 aromatic rings. The van der Waals surface area contributed by atoms with Crippen molar-refractivity contribution in [1.29, 1.82) is 0 Å². The summed E-state index contributed by atoms with van der Waals surface area (Å²) >= 11 is 7.45. The zero-order valence-corrected chi connectivity index (χ0v) is 17.8. The topological polar surface area (TPSA) is 64.6 Å². The molecule has 150 valence electrons. The van der Waals surface area contributed by atoms with E-state index in [1.54, 1.807) is 36.4 Å². The second-order valence-electron chi connectivity index (χ2n) is 6.12. The number of rotatable bonds is 6. The average molecular weight is 430 g/mol. The first-order chi connectivity index (χ1) is 14.0. The minimum atomic E-state index is -0.530. The summed E-state index contributed by atoms with van der Waals surface area (Å²) in [5.74, 6) is -0.411. The van der Waals surface area contributed by atoms with Crippen molar-refractivity contribution in [3.05, 3.63) is 69.6 Å². The molecule has 29 heavy (non-hydrogen) atoms. The molecule has 0 atom stereocenters. The van der Waals surface area contributed by atoms with Crippen molar-refractivity contribution in [2.24, 2.45) is 0 Å². The molecule has 1 N–H and O–H groups in total. The molecule has 3 rings (SSSR count). The van der Waals surface area contributed by atoms with Crippen LogP contribution in [0.25, 0.3) is 11.1 Å². The van der Waals surface area contributed by atoms with Crippen LogP contribution in [0.15, 0.2) is 48.5 Å². The molecule has 0 spiro atoms. The maximum Gasteiger partial charge on any atom is 0.341 e. The van der Waals surface area contributed by atoms with E-state index in [0.717, 1.165) is 10.4 Å². The maximum absolute atomic E-state index is 12.9. The van der Waals surface area contributed by atoms with Crippen LogP contribution in [-0.2, 0) is 4.74 Å². The van der Waals surface area contributed by atoms with Gasteiger partial charge in [0, 0.05) is 15.5 Å². The first kappa shape index (κ1) is 20.9. The van der Waals surface area contributed by atoms with Gasteiger partial charge < -0.3 is 14.8 Å². The van der Waals surface area contributed by atoms with E-state index in [0.29, 0.717) is 39.1 Å². The number of methoxy groups -OCH3 is 1. The van der Waals surface area contributed by atoms with Gasteiger partial charge in [0.1, 0.15) is 16.3 Å². The lowest BCUT2D eigenvalue weighted by Gasteiger charge is -2.11. The molecule has 7 heteroatoms. The number of para-hydroxylation sites is 1. The Labute approximate surface area is 178 Å². The van der Waals surface area contributed by atoms with Gasteiger partial charge in [-0.3, -0.25) is 4.79 Å². The molecule has 0 saturated heterocycles. The first-order valence-corrected chi connectivity index (χ1v) is 10.2. The summed E-state index contributed by atoms with van der Waals surface area (Å²) < 4.78 is 10.5. The van der Waals surface area contributed by atoms with Gasteiger partial charge in [-0.25, -0.2) is 4.79 Å². The van der Waals surface area contributed by atoms with Crippen molar-refractivity contribution in [3.63, 3.8) is 0 Å². The molecule has 1 heterocycles. The molecule has 0 aliphatic rings. The van der Waals surface area contributed by atoms with Gasteiger partial charge in [0.15, 0.2) is 0 Å². The minimum Gasteiger partial charge on any atom is -0.493 e. The number of amides is 1. The molecule has 0 saturated carbocycles. The van der Waals surface area contributed by atoms with E-state index in [9.17, 15) is 9.59 Å². The number of carbonyl (C=O) groups excluding carboxylic acids is 2. The van der Waals surface area contributed by atoms with Crippen LogP contribution in [0.4, 0.5) is 5.00 Å². The summed E-state index contributed by atoms with van der Waals surface area (Å²) in [4.78, 5) is 26.4. The van der Waals surface area contributed by atoms with Crippen LogP contribution in [0.3, 0.4) is 0 Å². The summed E-state index contributed by atoms with van der Waals surface area (Å²) in [5, 5.41) is 3.83. The van der Waals surface area contributed by atoms with Crippen molar-refractivity contribution in [3.8, 4) is 16.9 Å². The third-order valence-electron chi connectivity index (χ3n) is 4.25. The largest absolute Gasteiger partial charge is 0.493 e. The quantitative estimate of drug-likeness (QED) is 0.502. The predicted molar refractivity (Wildman–Crippen MR) is 116 cm³/mol. The second-order valence-corrected chi connectivity index (χ2v) is 7.78. The molecule has 0 aliphatic heterocycles. The van der Waals surface area contributed by atoms with Gasteiger partial charge in [-0.05, 0) is 43.7 Å². The lowest BCUT2D eigenvalue weighted by atomic mass is 10.0. The Morgan fingerprint density at radius 2 is 1.90 bits per heavy atom. The Kier molecular flexibility index (Phi) is 6.56. The van der Waals surface area contributed by atoms with E-state index in [-0.39, 0.29) is 5.91 Å². The fourth-order valence-corrected chi connectivity index (χ4v) is 4.28. The van der Waals surface area contributed by atoms with Gasteiger partial charge >= 0.3 is 5.97 Å². The number of hydrogen-bond donors (Lipinski definition) is 1. The number of halogens is 1. The van der Waals surface area contributed by atoms with E-state index >= 15 is 0 Å². The highest BCUT2D eigenvalue weighted by atomic mass is 35.5. The van der Waals surface area contributed by atoms with Crippen molar-refractivity contribution in [2.75, 3.05) is 19.0 Å². The van der Waals surface area contributed by atoms with Crippen molar-refractivity contribution < 1.29 is 19.1 Å². The van der Waals surface area contributed by atoms with Crippen LogP contribution in [0, 0.1) is 6.92 Å². The molecule has 1 aromatic heterocycles. The smallest absolute Gasteiger partial charge is 0.341 e. The summed E-state index contributed by atoms with van der Waals surface area (Å²) in [7, 11) is 1.31. The van der Waals surface area contributed by atoms with Gasteiger partial charge in [0.05, 0.1) is 19.3 Å². The third-order valence-corrected chi connectivity index (χ3v) is 5.50. The number of aryl methyl sites for hydroxylation is 1. The number of nitrogens with one attached hydrogen (secondary N) is 1. The Hall–Kier alpha value is -2.83. The van der Waals surface area contributed by atoms with Gasteiger partial charge in [0.2, 0.25) is 0 Å². The lowest BCUT2D eigenvalue weighted by Crippen LogP contribution is -2.15. The maximum atomic E-state index is 12.9. The van der Waals surface area contributed by atoms with Crippen molar-refractivity contribution in [2.45, 2.75) is 13.8 Å². The number of benzene rings is 2. The van der Waals surface area contributed by atoms with E-state index in [4.69, 9.17) is 21.1 Å². The van der Waals surface area contributed by atoms with Crippen LogP contribution >= 0.6 is 22.9 Å². The Balaban J connectivity index is 2.06. The number of esters is 1. The van der Waals surface area contributed by atoms with Crippen LogP contribution < -0.4 is 10.1 Å². The highest BCUT2D eigenvalue weighted by Gasteiger charge is 2.26. The fourth-order valence-electron chi connectivity index (χ4n) is 3.03. The molecular weight excluding hydrogens is 410 g/mol. The van der Waals surface area contributed by atoms with Gasteiger partial charge in [-0.2, -0.15) is 0 Å². The van der Waals surface area contributed by atoms with Gasteiger partial charge in [-0.15, -0.1) is 11.3 Å². The lowest BCUT2D eigenvalue weighted by molar-refractivity contribution is 0.0603. The standard InChI is InChI=1S/C22H20ClNO4S/c1-4-28-17-11-6-5-10-16(17)20(25)24-21-19(22(26)27-3)18(13(2)29-21)14-8-7-9-15(23)12-14/h5-12H,4H2,1-3H3,(H,24,25). The first-order valence-electron chi connectivity index (χ1n) is 8.97. The minimum absolute atomic E-state index is 0.305. The molecule has 0 unspecified atom stereocenters. The van der Waals surface area contributed by atoms with E-state index < -0.39 is 5.97 Å². The SMILES string of the molecule is CCOc1ccccc1C(=O)Nc1sc(C)c(-c2cccc(Cl)c2)c1C(=O)OC. The number of hydrogen-bond acceptors (Lipinski definition) is 5. The highest BCUT2D eigenvalue weighted by Crippen LogP contribution is 2.41. The van der Waals surface area contributed by atoms with Crippen molar-refractivity contribution in [1.82, 2.24) is 0 Å². The van der Waals surface area contributed by atoms with Crippen molar-refractivity contribution >= 4 is 39.8 Å². The third kappa shape index (κ3) is 4.44. The number of ether oxygens (including phenoxy) is 2. The molecule has 5 nitrogen and oxygen atoms in total. The Bertz CT molecular complexity index is 1060. The molecule has 0 radical (unpaired) electrons. The Morgan fingerprint density at radius 1 is 1.14 bits per heavy atom. The monoisotopic (exact) mass is 429 g/mol. The summed E-state index contributed by atoms with van der Waals surface area (Å²) in [6, 6.07) is 14.2. The van der Waals surface area contributed by atoms with Crippen LogP contribution in [0.2, 0.25) is 5.02 Å². The number of anilines is 1. The Morgan fingerprint density at radius 3 is 2.59 bits per heavy atom. The van der Waals surface area contributed by atoms with E-state index in [1.165, 1.54) is 18.4 Å². The molecule has 1 amide bonds. The molecule has 0 aliphatic carbocycles. The average Bonchev–Trinajstić information content (AvgIpc) is 3.03. The normalized spacial score (nSPS) is 10.5. The zero-order chi connectivity index (χ0) is 21.0. The summed E-state index contributed by atoms with van der Waals surface area (Å²) in [6.07, 6.45) is 0. The van der Waals surface area contributed by atoms with Gasteiger partial charge in [-0.1, -0.05) is 35.9 Å². The number of thiophene rings is 1. The van der Waals surface area contributed by atoms with E-state index in [1.807, 2.05) is 26.0 Å². The molecule has 0 fully saturated rings. The van der Waals surface area contributed by atoms with Crippen LogP contribution in [0.1, 0.15) is 32.5 Å².